The Bertz CT molecular complexity index is 677. The van der Waals surface area contributed by atoms with Crippen LogP contribution in [-0.4, -0.2) is 43.3 Å². The lowest BCUT2D eigenvalue weighted by Crippen LogP contribution is -2.41. The van der Waals surface area contributed by atoms with Crippen molar-refractivity contribution >= 4 is 28.9 Å². The molecule has 8 heteroatoms. The van der Waals surface area contributed by atoms with E-state index in [4.69, 9.17) is 14.6 Å². The maximum atomic E-state index is 5.48. The zero-order valence-corrected chi connectivity index (χ0v) is 16.1. The molecule has 1 aliphatic heterocycles. The highest BCUT2D eigenvalue weighted by molar-refractivity contribution is 7.95. The van der Waals surface area contributed by atoms with Gasteiger partial charge in [0.25, 0.3) is 0 Å². The van der Waals surface area contributed by atoms with Gasteiger partial charge in [-0.05, 0) is 18.9 Å². The van der Waals surface area contributed by atoms with Crippen LogP contribution in [0.5, 0.6) is 11.5 Å². The van der Waals surface area contributed by atoms with E-state index in [-0.39, 0.29) is 0 Å². The van der Waals surface area contributed by atoms with E-state index in [9.17, 15) is 0 Å². The Labute approximate surface area is 153 Å². The van der Waals surface area contributed by atoms with Crippen LogP contribution in [0.4, 0.5) is 5.82 Å². The van der Waals surface area contributed by atoms with Crippen molar-refractivity contribution in [2.45, 2.75) is 32.7 Å². The van der Waals surface area contributed by atoms with E-state index in [1.165, 1.54) is 12.1 Å². The van der Waals surface area contributed by atoms with Crippen molar-refractivity contribution in [3.63, 3.8) is 0 Å². The number of nitrogens with one attached hydrogen (secondary N) is 1. The van der Waals surface area contributed by atoms with E-state index in [0.717, 1.165) is 42.7 Å². The van der Waals surface area contributed by atoms with Crippen molar-refractivity contribution in [3.05, 3.63) is 18.5 Å². The third-order valence-corrected chi connectivity index (χ3v) is 4.62. The Morgan fingerprint density at radius 2 is 1.76 bits per heavy atom. The number of hydrogen-bond acceptors (Lipinski definition) is 8. The van der Waals surface area contributed by atoms with Crippen molar-refractivity contribution in [2.75, 3.05) is 32.2 Å². The van der Waals surface area contributed by atoms with E-state index in [1.807, 2.05) is 26.0 Å². The molecule has 7 nitrogen and oxygen atoms in total. The van der Waals surface area contributed by atoms with Crippen molar-refractivity contribution in [1.29, 1.82) is 0 Å². The van der Waals surface area contributed by atoms with Gasteiger partial charge in [0.05, 0.1) is 19.7 Å². The van der Waals surface area contributed by atoms with Crippen LogP contribution in [0.3, 0.4) is 0 Å². The first-order valence-corrected chi connectivity index (χ1v) is 9.37. The van der Waals surface area contributed by atoms with E-state index in [0.29, 0.717) is 17.5 Å². The predicted molar refractivity (Wildman–Crippen MR) is 104 cm³/mol. The Balaban J connectivity index is 0.00000109. The topological polar surface area (TPSA) is 85.5 Å². The number of benzene rings is 1. The van der Waals surface area contributed by atoms with Crippen LogP contribution in [0.25, 0.3) is 10.9 Å². The molecule has 0 bridgehead atoms. The van der Waals surface area contributed by atoms with Crippen molar-refractivity contribution in [3.8, 4) is 11.5 Å². The van der Waals surface area contributed by atoms with Gasteiger partial charge in [-0.25, -0.2) is 14.7 Å². The Morgan fingerprint density at radius 1 is 1.12 bits per heavy atom. The quantitative estimate of drug-likeness (QED) is 0.783. The third kappa shape index (κ3) is 4.45. The van der Waals surface area contributed by atoms with Crippen molar-refractivity contribution in [2.24, 2.45) is 5.14 Å². The van der Waals surface area contributed by atoms with Gasteiger partial charge in [0.15, 0.2) is 11.5 Å². The SMILES string of the molecule is CC.COc1cc2ncnc(N3CCC(NSN)CC3)c2cc1OC. The fraction of sp³-hybridized carbons (Fsp3) is 0.529. The second-order valence-corrected chi connectivity index (χ2v) is 5.89. The highest BCUT2D eigenvalue weighted by atomic mass is 32.2. The summed E-state index contributed by atoms with van der Waals surface area (Å²) in [4.78, 5) is 11.1. The molecule has 3 rings (SSSR count). The van der Waals surface area contributed by atoms with E-state index < -0.39 is 0 Å². The summed E-state index contributed by atoms with van der Waals surface area (Å²) < 4.78 is 14.0. The molecular weight excluding hydrogens is 338 g/mol. The number of nitrogens with two attached hydrogens (primary N) is 1. The Kier molecular flexibility index (Phi) is 7.54. The average Bonchev–Trinajstić information content (AvgIpc) is 2.69. The van der Waals surface area contributed by atoms with Crippen LogP contribution >= 0.6 is 12.1 Å². The predicted octanol–water partition coefficient (Wildman–Crippen LogP) is 2.75. The molecule has 1 aromatic heterocycles. The van der Waals surface area contributed by atoms with Crippen LogP contribution in [0.2, 0.25) is 0 Å². The van der Waals surface area contributed by atoms with Gasteiger partial charge in [-0.2, -0.15) is 0 Å². The monoisotopic (exact) mass is 365 g/mol. The molecule has 1 aliphatic rings. The molecule has 0 radical (unpaired) electrons. The van der Waals surface area contributed by atoms with Crippen LogP contribution < -0.4 is 24.2 Å². The highest BCUT2D eigenvalue weighted by Gasteiger charge is 2.22. The fourth-order valence-corrected chi connectivity index (χ4v) is 3.35. The number of piperidine rings is 1. The minimum absolute atomic E-state index is 0.448. The summed E-state index contributed by atoms with van der Waals surface area (Å²) in [6.45, 7) is 5.86. The number of hydrogen-bond donors (Lipinski definition) is 2. The zero-order chi connectivity index (χ0) is 18.2. The van der Waals surface area contributed by atoms with Crippen LogP contribution in [0.1, 0.15) is 26.7 Å². The molecule has 1 saturated heterocycles. The molecule has 1 fully saturated rings. The molecule has 25 heavy (non-hydrogen) atoms. The molecule has 138 valence electrons. The van der Waals surface area contributed by atoms with Gasteiger partial charge in [0, 0.05) is 42.7 Å². The first-order chi connectivity index (χ1) is 12.3. The van der Waals surface area contributed by atoms with Gasteiger partial charge < -0.3 is 14.4 Å². The molecule has 2 aromatic rings. The highest BCUT2D eigenvalue weighted by Crippen LogP contribution is 2.35. The number of rotatable bonds is 5. The molecule has 2 heterocycles. The lowest BCUT2D eigenvalue weighted by Gasteiger charge is -2.33. The number of ether oxygens (including phenoxy) is 2. The van der Waals surface area contributed by atoms with Crippen LogP contribution in [0, 0.1) is 0 Å². The molecule has 0 unspecified atom stereocenters. The van der Waals surface area contributed by atoms with Gasteiger partial charge in [-0.3, -0.25) is 5.14 Å². The minimum Gasteiger partial charge on any atom is -0.493 e. The van der Waals surface area contributed by atoms with Crippen molar-refractivity contribution in [1.82, 2.24) is 14.7 Å². The van der Waals surface area contributed by atoms with Crippen molar-refractivity contribution < 1.29 is 9.47 Å². The van der Waals surface area contributed by atoms with Gasteiger partial charge in [0.2, 0.25) is 0 Å². The van der Waals surface area contributed by atoms with Gasteiger partial charge >= 0.3 is 0 Å². The average molecular weight is 366 g/mol. The zero-order valence-electron chi connectivity index (χ0n) is 15.3. The summed E-state index contributed by atoms with van der Waals surface area (Å²) in [6.07, 6.45) is 3.66. The first-order valence-electron chi connectivity index (χ1n) is 8.49. The van der Waals surface area contributed by atoms with E-state index in [1.54, 1.807) is 20.5 Å². The lowest BCUT2D eigenvalue weighted by molar-refractivity contribution is 0.355. The number of aromatic nitrogens is 2. The summed E-state index contributed by atoms with van der Waals surface area (Å²) in [5, 5.41) is 6.46. The Hall–Kier alpha value is -1.77. The molecule has 0 amide bonds. The van der Waals surface area contributed by atoms with Crippen LogP contribution in [0.15, 0.2) is 18.5 Å². The van der Waals surface area contributed by atoms with E-state index in [2.05, 4.69) is 19.6 Å². The minimum atomic E-state index is 0.448. The summed E-state index contributed by atoms with van der Waals surface area (Å²) >= 11 is 1.19. The van der Waals surface area contributed by atoms with Gasteiger partial charge in [0.1, 0.15) is 12.1 Å². The number of nitrogens with zero attached hydrogens (tertiary/aromatic N) is 3. The van der Waals surface area contributed by atoms with Gasteiger partial charge in [-0.15, -0.1) is 0 Å². The van der Waals surface area contributed by atoms with Gasteiger partial charge in [-0.1, -0.05) is 13.8 Å². The van der Waals surface area contributed by atoms with Crippen LogP contribution in [-0.2, 0) is 0 Å². The number of methoxy groups -OCH3 is 2. The molecule has 0 atom stereocenters. The molecule has 3 N–H and O–H groups in total. The largest absolute Gasteiger partial charge is 0.493 e. The molecule has 1 aromatic carbocycles. The maximum absolute atomic E-state index is 5.48. The summed E-state index contributed by atoms with van der Waals surface area (Å²) in [5.74, 6) is 2.30. The molecule has 0 saturated carbocycles. The first kappa shape index (κ1) is 19.6. The molecule has 0 aliphatic carbocycles. The maximum Gasteiger partial charge on any atom is 0.162 e. The molecule has 0 spiro atoms. The standard InChI is InChI=1S/C15H21N5O2S.C2H6/c1-21-13-7-11-12(8-14(13)22-2)17-9-18-15(11)20-5-3-10(4-6-20)19-23-16;1-2/h7-10,19H,3-6,16H2,1-2H3;1-2H3. The summed E-state index contributed by atoms with van der Waals surface area (Å²) in [5.41, 5.74) is 0.852. The second kappa shape index (κ2) is 9.65. The number of anilines is 1. The summed E-state index contributed by atoms with van der Waals surface area (Å²) in [7, 11) is 3.26. The van der Waals surface area contributed by atoms with E-state index >= 15 is 0 Å². The Morgan fingerprint density at radius 3 is 2.36 bits per heavy atom. The lowest BCUT2D eigenvalue weighted by atomic mass is 10.1. The third-order valence-electron chi connectivity index (χ3n) is 4.15. The fourth-order valence-electron chi connectivity index (χ4n) is 2.93. The molecular formula is C17H27N5O2S. The normalized spacial score (nSPS) is 14.8. The summed E-state index contributed by atoms with van der Waals surface area (Å²) in [6, 6.07) is 4.28. The smallest absolute Gasteiger partial charge is 0.162 e. The second-order valence-electron chi connectivity index (χ2n) is 5.42. The number of fused-ring (bicyclic) bond motifs is 1.